The van der Waals surface area contributed by atoms with Crippen molar-refractivity contribution >= 4 is 107 Å². The van der Waals surface area contributed by atoms with Gasteiger partial charge in [-0.2, -0.15) is 0 Å². The first-order chi connectivity index (χ1) is 44.1. The number of primary amides is 1. The molecular formula is C56H92N16O23. The van der Waals surface area contributed by atoms with Crippen LogP contribution in [0.5, 0.6) is 0 Å². The lowest BCUT2D eigenvalue weighted by Gasteiger charge is -2.30. The van der Waals surface area contributed by atoms with E-state index in [0.29, 0.717) is 6.42 Å². The first-order valence-corrected chi connectivity index (χ1v) is 30.3. The summed E-state index contributed by atoms with van der Waals surface area (Å²) in [6.45, 7) is 10.4. The summed E-state index contributed by atoms with van der Waals surface area (Å²) >= 11 is 0. The molecule has 0 unspecified atom stereocenters. The molecule has 14 atom stereocenters. The van der Waals surface area contributed by atoms with Crippen molar-refractivity contribution in [3.8, 4) is 0 Å². The number of carboxylic acid groups (broad SMARTS) is 3. The van der Waals surface area contributed by atoms with Gasteiger partial charge in [0.2, 0.25) is 88.6 Å². The lowest BCUT2D eigenvalue weighted by atomic mass is 9.97. The zero-order chi connectivity index (χ0) is 72.9. The Kier molecular flexibility index (Phi) is 35.5. The van der Waals surface area contributed by atoms with Crippen LogP contribution in [0.15, 0.2) is 0 Å². The molecule has 1 heterocycles. The van der Waals surface area contributed by atoms with Gasteiger partial charge in [0.15, 0.2) is 0 Å². The number of carboxylic acids is 3. The number of hydrogen-bond acceptors (Lipinski definition) is 21. The highest BCUT2D eigenvalue weighted by molar-refractivity contribution is 6.01. The lowest BCUT2D eigenvalue weighted by molar-refractivity contribution is -0.145. The van der Waals surface area contributed by atoms with E-state index in [1.54, 1.807) is 20.8 Å². The van der Waals surface area contributed by atoms with Gasteiger partial charge in [-0.05, 0) is 64.7 Å². The molecule has 0 radical (unpaired) electrons. The average Bonchev–Trinajstić information content (AvgIpc) is 1.77. The van der Waals surface area contributed by atoms with Crippen LogP contribution in [0.4, 0.5) is 0 Å². The summed E-state index contributed by atoms with van der Waals surface area (Å²) < 4.78 is 0. The highest BCUT2D eigenvalue weighted by Gasteiger charge is 2.41. The molecule has 39 nitrogen and oxygen atoms in total. The predicted molar refractivity (Wildman–Crippen MR) is 327 cm³/mol. The lowest BCUT2D eigenvalue weighted by Crippen LogP contribution is -2.60. The topological polar surface area (TPSA) is 620 Å². The molecule has 22 N–H and O–H groups in total. The van der Waals surface area contributed by atoms with E-state index in [-0.39, 0.29) is 31.7 Å². The van der Waals surface area contributed by atoms with Crippen molar-refractivity contribution in [2.45, 2.75) is 193 Å². The van der Waals surface area contributed by atoms with Crippen LogP contribution >= 0.6 is 0 Å². The first-order valence-electron chi connectivity index (χ1n) is 30.3. The van der Waals surface area contributed by atoms with Crippen molar-refractivity contribution in [1.82, 2.24) is 74.0 Å². The van der Waals surface area contributed by atoms with Gasteiger partial charge in [-0.1, -0.05) is 48.0 Å². The second kappa shape index (κ2) is 40.5. The molecule has 0 spiro atoms. The Morgan fingerprint density at radius 2 is 0.947 bits per heavy atom. The minimum Gasteiger partial charge on any atom is -0.481 e. The van der Waals surface area contributed by atoms with Gasteiger partial charge in [-0.15, -0.1) is 0 Å². The third-order valence-electron chi connectivity index (χ3n) is 14.4. The maximum absolute atomic E-state index is 13.7. The number of carbonyl (C=O) groups excluding carboxylic acids is 15. The summed E-state index contributed by atoms with van der Waals surface area (Å²) in [4.78, 5) is 232. The SMILES string of the molecule is CC[C@H](C)[C@H](NC(=O)[C@H](CC(=O)O)NC(=O)[C@H](C)N)C(=O)N[C@@H](CC(=O)O)C(=O)NCC(=O)N[C@H](C(=O)N[C@H](C(=O)NCC(=O)N[C@@H](CO)C(=O)N[C@@H](C)C(=O)NCC(=O)N[C@@H](CC(C)C)C(=O)N[C@@H](CC(N)=O)C(=O)N1CCC[C@H]1C(=O)N[C@@H](C)C(=O)O)[C@@H](C)O)C(C)C. The number of nitrogens with two attached hydrogens (primary N) is 2. The van der Waals surface area contributed by atoms with Gasteiger partial charge in [0.05, 0.1) is 57.6 Å². The molecule has 0 aromatic rings. The number of carbonyl (C=O) groups is 18. The number of rotatable bonds is 41. The van der Waals surface area contributed by atoms with Crippen LogP contribution in [0.25, 0.3) is 0 Å². The molecule has 1 rings (SSSR count). The fourth-order valence-electron chi connectivity index (χ4n) is 8.90. The second-order valence-electron chi connectivity index (χ2n) is 23.4. The number of nitrogens with one attached hydrogen (secondary N) is 13. The van der Waals surface area contributed by atoms with Gasteiger partial charge in [0.1, 0.15) is 66.5 Å². The smallest absolute Gasteiger partial charge is 0.325 e. The van der Waals surface area contributed by atoms with Crippen LogP contribution < -0.4 is 80.6 Å². The third kappa shape index (κ3) is 29.5. The van der Waals surface area contributed by atoms with E-state index in [0.717, 1.165) is 18.7 Å². The molecule has 1 fully saturated rings. The second-order valence-corrected chi connectivity index (χ2v) is 23.4. The maximum Gasteiger partial charge on any atom is 0.325 e. The van der Waals surface area contributed by atoms with Gasteiger partial charge in [0.25, 0.3) is 0 Å². The Morgan fingerprint density at radius 3 is 1.43 bits per heavy atom. The van der Waals surface area contributed by atoms with E-state index in [1.807, 2.05) is 0 Å². The summed E-state index contributed by atoms with van der Waals surface area (Å²) in [7, 11) is 0. The molecule has 0 aliphatic carbocycles. The summed E-state index contributed by atoms with van der Waals surface area (Å²) in [5.41, 5.74) is 10.9. The molecule has 0 aromatic carbocycles. The minimum absolute atomic E-state index is 0.0187. The third-order valence-corrected chi connectivity index (χ3v) is 14.4. The Labute approximate surface area is 545 Å². The summed E-state index contributed by atoms with van der Waals surface area (Å²) in [5.74, 6) is -21.7. The van der Waals surface area contributed by atoms with Gasteiger partial charge in [-0.3, -0.25) is 86.3 Å². The van der Waals surface area contributed by atoms with E-state index in [9.17, 15) is 112 Å². The highest BCUT2D eigenvalue weighted by Crippen LogP contribution is 2.20. The average molecular weight is 1360 g/mol. The first kappa shape index (κ1) is 83.4. The molecule has 0 aromatic heterocycles. The molecule has 95 heavy (non-hydrogen) atoms. The molecule has 534 valence electrons. The number of aliphatic hydroxyl groups is 2. The Balaban J connectivity index is 2.97. The number of amides is 15. The fourth-order valence-corrected chi connectivity index (χ4v) is 8.90. The van der Waals surface area contributed by atoms with Gasteiger partial charge in [-0.25, -0.2) is 0 Å². The van der Waals surface area contributed by atoms with Crippen LogP contribution in [-0.2, 0) is 86.3 Å². The number of aliphatic carboxylic acids is 3. The normalized spacial score (nSPS) is 16.7. The molecule has 15 amide bonds. The predicted octanol–water partition coefficient (Wildman–Crippen LogP) is -9.41. The minimum atomic E-state index is -1.89. The molecule has 1 aliphatic rings. The fraction of sp³-hybridized carbons (Fsp3) is 0.679. The van der Waals surface area contributed by atoms with Gasteiger partial charge < -0.3 is 111 Å². The zero-order valence-corrected chi connectivity index (χ0v) is 54.4. The van der Waals surface area contributed by atoms with E-state index >= 15 is 0 Å². The molecular weight excluding hydrogens is 1260 g/mol. The Bertz CT molecular complexity index is 2820. The van der Waals surface area contributed by atoms with Crippen molar-refractivity contribution in [1.29, 1.82) is 0 Å². The van der Waals surface area contributed by atoms with Crippen LogP contribution in [0.1, 0.15) is 114 Å². The monoisotopic (exact) mass is 1360 g/mol. The van der Waals surface area contributed by atoms with E-state index < -0.39 is 242 Å². The highest BCUT2D eigenvalue weighted by atomic mass is 16.4. The largest absolute Gasteiger partial charge is 0.481 e. The summed E-state index contributed by atoms with van der Waals surface area (Å²) in [6, 6.07) is -18.2. The Hall–Kier alpha value is -9.66. The maximum atomic E-state index is 13.7. The van der Waals surface area contributed by atoms with Crippen LogP contribution in [0, 0.1) is 17.8 Å². The van der Waals surface area contributed by atoms with Crippen LogP contribution in [-0.4, -0.2) is 248 Å². The van der Waals surface area contributed by atoms with E-state index in [2.05, 4.69) is 69.1 Å². The van der Waals surface area contributed by atoms with E-state index in [4.69, 9.17) is 11.5 Å². The number of hydrogen-bond donors (Lipinski definition) is 20. The molecule has 0 saturated carbocycles. The zero-order valence-electron chi connectivity index (χ0n) is 54.4. The molecule has 1 saturated heterocycles. The van der Waals surface area contributed by atoms with Crippen molar-refractivity contribution in [2.24, 2.45) is 29.2 Å². The summed E-state index contributed by atoms with van der Waals surface area (Å²) in [5, 5.41) is 77.7. The van der Waals surface area contributed by atoms with Gasteiger partial charge in [0, 0.05) is 6.54 Å². The van der Waals surface area contributed by atoms with Crippen molar-refractivity contribution in [2.75, 3.05) is 32.8 Å². The Morgan fingerprint density at radius 1 is 0.484 bits per heavy atom. The molecule has 0 bridgehead atoms. The molecule has 1 aliphatic heterocycles. The number of aliphatic hydroxyl groups excluding tert-OH is 2. The summed E-state index contributed by atoms with van der Waals surface area (Å²) in [6.07, 6.45) is -3.73. The molecule has 39 heteroatoms. The number of nitrogens with zero attached hydrogens (tertiary/aromatic N) is 1. The van der Waals surface area contributed by atoms with Crippen molar-refractivity contribution in [3.63, 3.8) is 0 Å². The van der Waals surface area contributed by atoms with E-state index in [1.165, 1.54) is 34.6 Å². The van der Waals surface area contributed by atoms with Crippen LogP contribution in [0.3, 0.4) is 0 Å². The number of likely N-dealkylation sites (tertiary alicyclic amines) is 1. The van der Waals surface area contributed by atoms with Crippen LogP contribution in [0.2, 0.25) is 0 Å². The standard InChI is InChI=1S/C56H92N16O23/c1-11-25(6)43(70-49(87)32(18-41(81)82)66-45(83)26(7)57)54(92)67-31(17-40(79)80)47(85)60-21-39(78)69-42(24(4)5)53(91)71-44(29(10)74)52(90)61-20-38(77)65-34(22-73)50(88)62-27(8)46(84)59-19-37(76)64-30(15-23(2)3)48(86)68-33(16-36(58)75)55(93)72-14-12-13-35(72)51(89)63-28(9)56(94)95/h23-35,42-44,73-74H,11-22,57H2,1-10H3,(H2,58,75)(H,59,84)(H,60,85)(H,61,90)(H,62,88)(H,63,89)(H,64,76)(H,65,77)(H,66,83)(H,67,92)(H,68,86)(H,69,78)(H,70,87)(H,71,91)(H,79,80)(H,81,82)(H,94,95)/t25-,26-,27-,28-,29+,30-,31-,32-,33-,34-,35-,42-,43-,44-/m0/s1. The van der Waals surface area contributed by atoms with Gasteiger partial charge >= 0.3 is 17.9 Å². The van der Waals surface area contributed by atoms with Crippen molar-refractivity contribution < 1.29 is 112 Å². The van der Waals surface area contributed by atoms with Crippen molar-refractivity contribution in [3.05, 3.63) is 0 Å². The quantitative estimate of drug-likeness (QED) is 0.0270.